The largest absolute Gasteiger partial charge is 0.457 e. The van der Waals surface area contributed by atoms with E-state index in [2.05, 4.69) is 31.2 Å². The fraction of sp³-hybridized carbons (Fsp3) is 0.200. The second-order valence-corrected chi connectivity index (χ2v) is 3.91. The Morgan fingerprint density at radius 1 is 1.62 bits per heavy atom. The number of halogens is 1. The molecule has 0 aliphatic heterocycles. The number of H-pyrrole nitrogens is 1. The van der Waals surface area contributed by atoms with Crippen molar-refractivity contribution in [3.63, 3.8) is 0 Å². The number of rotatable bonds is 4. The van der Waals surface area contributed by atoms with Crippen LogP contribution in [0.3, 0.4) is 0 Å². The minimum atomic E-state index is -0.153. The van der Waals surface area contributed by atoms with Crippen LogP contribution in [-0.2, 0) is 6.42 Å². The molecule has 0 aliphatic rings. The van der Waals surface area contributed by atoms with Crippen LogP contribution in [0.25, 0.3) is 0 Å². The molecule has 0 fully saturated rings. The first-order valence-electron chi connectivity index (χ1n) is 4.76. The predicted octanol–water partition coefficient (Wildman–Crippen LogP) is 1.74. The van der Waals surface area contributed by atoms with Gasteiger partial charge in [-0.1, -0.05) is 0 Å². The van der Waals surface area contributed by atoms with Crippen LogP contribution in [0.1, 0.15) is 16.1 Å². The first-order chi connectivity index (χ1) is 7.77. The van der Waals surface area contributed by atoms with Gasteiger partial charge in [0.05, 0.1) is 18.2 Å². The number of hydrogen-bond acceptors (Lipinski definition) is 3. The van der Waals surface area contributed by atoms with Gasteiger partial charge >= 0.3 is 0 Å². The number of amides is 1. The van der Waals surface area contributed by atoms with Crippen LogP contribution in [0.15, 0.2) is 33.9 Å². The van der Waals surface area contributed by atoms with Gasteiger partial charge in [-0.3, -0.25) is 4.79 Å². The highest BCUT2D eigenvalue weighted by atomic mass is 79.9. The summed E-state index contributed by atoms with van der Waals surface area (Å²) in [5, 5.41) is 2.79. The molecule has 1 amide bonds. The standard InChI is InChI=1S/C10H10BrN3O2/c11-9-8(2-4-16-9)10(15)13-3-1-7-5-12-6-14-7/h2,4-6H,1,3H2,(H,12,14)(H,13,15). The van der Waals surface area contributed by atoms with E-state index in [0.29, 0.717) is 16.8 Å². The second kappa shape index (κ2) is 4.98. The third-order valence-corrected chi connectivity index (χ3v) is 2.71. The van der Waals surface area contributed by atoms with Crippen molar-refractivity contribution < 1.29 is 9.21 Å². The van der Waals surface area contributed by atoms with E-state index in [0.717, 1.165) is 12.1 Å². The number of furan rings is 1. The molecular weight excluding hydrogens is 274 g/mol. The summed E-state index contributed by atoms with van der Waals surface area (Å²) in [5.41, 5.74) is 1.50. The molecule has 2 aromatic rings. The number of aromatic nitrogens is 2. The van der Waals surface area contributed by atoms with Crippen LogP contribution < -0.4 is 5.32 Å². The molecule has 0 aliphatic carbocycles. The Morgan fingerprint density at radius 2 is 2.50 bits per heavy atom. The number of carbonyl (C=O) groups is 1. The minimum absolute atomic E-state index is 0.153. The van der Waals surface area contributed by atoms with Crippen LogP contribution in [-0.4, -0.2) is 22.4 Å². The molecule has 5 nitrogen and oxygen atoms in total. The molecule has 0 spiro atoms. The summed E-state index contributed by atoms with van der Waals surface area (Å²) >= 11 is 3.15. The first-order valence-corrected chi connectivity index (χ1v) is 5.55. The minimum Gasteiger partial charge on any atom is -0.457 e. The van der Waals surface area contributed by atoms with E-state index in [1.54, 1.807) is 18.6 Å². The summed E-state index contributed by atoms with van der Waals surface area (Å²) in [6, 6.07) is 1.62. The van der Waals surface area contributed by atoms with E-state index >= 15 is 0 Å². The van der Waals surface area contributed by atoms with Gasteiger partial charge in [0.1, 0.15) is 0 Å². The van der Waals surface area contributed by atoms with Gasteiger partial charge in [-0.05, 0) is 22.0 Å². The topological polar surface area (TPSA) is 70.9 Å². The van der Waals surface area contributed by atoms with Crippen molar-refractivity contribution in [1.29, 1.82) is 0 Å². The molecule has 0 unspecified atom stereocenters. The molecule has 2 heterocycles. The Kier molecular flexibility index (Phi) is 3.40. The summed E-state index contributed by atoms with van der Waals surface area (Å²) in [7, 11) is 0. The number of hydrogen-bond donors (Lipinski definition) is 2. The monoisotopic (exact) mass is 283 g/mol. The summed E-state index contributed by atoms with van der Waals surface area (Å²) in [6.07, 6.45) is 5.54. The molecule has 0 saturated heterocycles. The Morgan fingerprint density at radius 3 is 3.12 bits per heavy atom. The Labute approximate surface area is 100 Å². The molecule has 2 N–H and O–H groups in total. The van der Waals surface area contributed by atoms with Crippen molar-refractivity contribution >= 4 is 21.8 Å². The van der Waals surface area contributed by atoms with Crippen LogP contribution >= 0.6 is 15.9 Å². The molecule has 16 heavy (non-hydrogen) atoms. The van der Waals surface area contributed by atoms with Gasteiger partial charge in [-0.15, -0.1) is 0 Å². The van der Waals surface area contributed by atoms with E-state index in [-0.39, 0.29) is 5.91 Å². The van der Waals surface area contributed by atoms with E-state index in [1.807, 2.05) is 0 Å². The van der Waals surface area contributed by atoms with Crippen molar-refractivity contribution in [3.8, 4) is 0 Å². The molecule has 0 radical (unpaired) electrons. The van der Waals surface area contributed by atoms with Crippen LogP contribution in [0.4, 0.5) is 0 Å². The summed E-state index contributed by atoms with van der Waals surface area (Å²) in [5.74, 6) is -0.153. The third kappa shape index (κ3) is 2.52. The third-order valence-electron chi connectivity index (χ3n) is 2.10. The molecule has 0 bridgehead atoms. The van der Waals surface area contributed by atoms with Gasteiger partial charge in [-0.2, -0.15) is 0 Å². The van der Waals surface area contributed by atoms with Gasteiger partial charge in [0, 0.05) is 24.9 Å². The molecule has 0 saturated carbocycles. The fourth-order valence-corrected chi connectivity index (χ4v) is 1.70. The van der Waals surface area contributed by atoms with E-state index in [4.69, 9.17) is 4.42 Å². The normalized spacial score (nSPS) is 10.3. The highest BCUT2D eigenvalue weighted by Gasteiger charge is 2.11. The maximum Gasteiger partial charge on any atom is 0.255 e. The van der Waals surface area contributed by atoms with Crippen molar-refractivity contribution in [1.82, 2.24) is 15.3 Å². The van der Waals surface area contributed by atoms with Crippen LogP contribution in [0.2, 0.25) is 0 Å². The molecule has 2 aromatic heterocycles. The fourth-order valence-electron chi connectivity index (χ4n) is 1.28. The van der Waals surface area contributed by atoms with E-state index in [1.165, 1.54) is 6.26 Å². The first kappa shape index (κ1) is 10.9. The highest BCUT2D eigenvalue weighted by Crippen LogP contribution is 2.16. The SMILES string of the molecule is O=C(NCCc1cnc[nH]1)c1ccoc1Br. The predicted molar refractivity (Wildman–Crippen MR) is 61.0 cm³/mol. The van der Waals surface area contributed by atoms with E-state index < -0.39 is 0 Å². The highest BCUT2D eigenvalue weighted by molar-refractivity contribution is 9.10. The Balaban J connectivity index is 1.83. The lowest BCUT2D eigenvalue weighted by Crippen LogP contribution is -2.25. The molecular formula is C10H10BrN3O2. The maximum atomic E-state index is 11.6. The molecule has 0 aromatic carbocycles. The van der Waals surface area contributed by atoms with E-state index in [9.17, 15) is 4.79 Å². The summed E-state index contributed by atoms with van der Waals surface area (Å²) in [6.45, 7) is 0.554. The lowest BCUT2D eigenvalue weighted by molar-refractivity contribution is 0.0952. The van der Waals surface area contributed by atoms with Crippen LogP contribution in [0.5, 0.6) is 0 Å². The number of imidazole rings is 1. The smallest absolute Gasteiger partial charge is 0.255 e. The van der Waals surface area contributed by atoms with Gasteiger partial charge in [0.25, 0.3) is 5.91 Å². The number of nitrogens with zero attached hydrogens (tertiary/aromatic N) is 1. The zero-order chi connectivity index (χ0) is 11.4. The molecule has 2 rings (SSSR count). The van der Waals surface area contributed by atoms with Crippen molar-refractivity contribution in [2.45, 2.75) is 6.42 Å². The van der Waals surface area contributed by atoms with Gasteiger partial charge < -0.3 is 14.7 Å². The second-order valence-electron chi connectivity index (χ2n) is 3.19. The van der Waals surface area contributed by atoms with Gasteiger partial charge in [0.15, 0.2) is 4.67 Å². The zero-order valence-electron chi connectivity index (χ0n) is 8.37. The van der Waals surface area contributed by atoms with Gasteiger partial charge in [-0.25, -0.2) is 4.98 Å². The zero-order valence-corrected chi connectivity index (χ0v) is 9.95. The molecule has 0 atom stereocenters. The maximum absolute atomic E-state index is 11.6. The number of nitrogens with one attached hydrogen (secondary N) is 2. The quantitative estimate of drug-likeness (QED) is 0.898. The summed E-state index contributed by atoms with van der Waals surface area (Å²) in [4.78, 5) is 18.5. The Hall–Kier alpha value is -1.56. The van der Waals surface area contributed by atoms with Crippen LogP contribution in [0, 0.1) is 0 Å². The van der Waals surface area contributed by atoms with Crippen molar-refractivity contribution in [2.75, 3.05) is 6.54 Å². The van der Waals surface area contributed by atoms with Crippen molar-refractivity contribution in [3.05, 3.63) is 40.8 Å². The average Bonchev–Trinajstić information content (AvgIpc) is 2.88. The Bertz CT molecular complexity index is 464. The lowest BCUT2D eigenvalue weighted by atomic mass is 10.3. The number of carbonyl (C=O) groups excluding carboxylic acids is 1. The average molecular weight is 284 g/mol. The summed E-state index contributed by atoms with van der Waals surface area (Å²) < 4.78 is 5.43. The van der Waals surface area contributed by atoms with Gasteiger partial charge in [0.2, 0.25) is 0 Å². The number of aromatic amines is 1. The lowest BCUT2D eigenvalue weighted by Gasteiger charge is -2.02. The molecule has 6 heteroatoms. The van der Waals surface area contributed by atoms with Crippen molar-refractivity contribution in [2.24, 2.45) is 0 Å². The molecule has 84 valence electrons.